The highest BCUT2D eigenvalue weighted by atomic mass is 35.5. The molecule has 2 N–H and O–H groups in total. The first-order valence-electron chi connectivity index (χ1n) is 10.9. The lowest BCUT2D eigenvalue weighted by Gasteiger charge is -2.39. The molecule has 2 aromatic carbocycles. The van der Waals surface area contributed by atoms with Crippen LogP contribution in [0.3, 0.4) is 0 Å². The molecule has 0 radical (unpaired) electrons. The highest BCUT2D eigenvalue weighted by molar-refractivity contribution is 7.22. The molecule has 176 valence electrons. The van der Waals surface area contributed by atoms with Crippen molar-refractivity contribution in [3.63, 3.8) is 0 Å². The molecule has 34 heavy (non-hydrogen) atoms. The molecule has 2 fully saturated rings. The van der Waals surface area contributed by atoms with E-state index in [4.69, 9.17) is 22.1 Å². The molecule has 0 aliphatic carbocycles. The average molecular weight is 503 g/mol. The van der Waals surface area contributed by atoms with Gasteiger partial charge in [0.25, 0.3) is 0 Å². The lowest BCUT2D eigenvalue weighted by atomic mass is 10.0. The van der Waals surface area contributed by atoms with Gasteiger partial charge in [-0.2, -0.15) is 9.97 Å². The number of nitrogens with two attached hydrogens (primary N) is 1. The van der Waals surface area contributed by atoms with Gasteiger partial charge in [-0.1, -0.05) is 22.9 Å². The number of halogens is 3. The molecule has 2 bridgehead atoms. The van der Waals surface area contributed by atoms with Crippen LogP contribution < -0.4 is 15.4 Å². The molecule has 7 nitrogen and oxygen atoms in total. The molecule has 4 heterocycles. The monoisotopic (exact) mass is 502 g/mol. The Morgan fingerprint density at radius 1 is 1.12 bits per heavy atom. The van der Waals surface area contributed by atoms with Gasteiger partial charge in [0.15, 0.2) is 10.9 Å². The molecule has 2 atom stereocenters. The molecule has 2 unspecified atom stereocenters. The highest BCUT2D eigenvalue weighted by Gasteiger charge is 2.38. The van der Waals surface area contributed by atoms with E-state index >= 15 is 4.39 Å². The molecule has 0 spiro atoms. The topological polar surface area (TPSA) is 80.4 Å². The fraction of sp³-hybridized carbons (Fsp3) is 0.348. The first kappa shape index (κ1) is 21.7. The minimum atomic E-state index is -0.638. The largest absolute Gasteiger partial charge is 0.467 e. The number of nitrogens with zero attached hydrogens (tertiary/aromatic N) is 5. The van der Waals surface area contributed by atoms with E-state index in [1.54, 1.807) is 6.07 Å². The van der Waals surface area contributed by atoms with Gasteiger partial charge in [-0.05, 0) is 38.1 Å². The predicted octanol–water partition coefficient (Wildman–Crippen LogP) is 4.71. The summed E-state index contributed by atoms with van der Waals surface area (Å²) in [5.41, 5.74) is 6.62. The van der Waals surface area contributed by atoms with Gasteiger partial charge >= 0.3 is 6.01 Å². The first-order valence-corrected chi connectivity index (χ1v) is 12.1. The standard InChI is InChI=1S/C23H21ClF2N6OS/c1-31-10-3-4-11(31)9-32(8-10)21-13-7-14(24)16(17(26)18(13)29-23(30-21)33-2)12-5-6-15(25)20-19(12)28-22(27)34-20/h5-7,10-11H,3-4,8-9H2,1-2H3,(H2,27,28). The van der Waals surface area contributed by atoms with E-state index < -0.39 is 11.6 Å². The van der Waals surface area contributed by atoms with Gasteiger partial charge in [-0.25, -0.2) is 13.8 Å². The number of hydrogen-bond acceptors (Lipinski definition) is 8. The first-order chi connectivity index (χ1) is 16.4. The van der Waals surface area contributed by atoms with Gasteiger partial charge in [0.05, 0.1) is 22.3 Å². The van der Waals surface area contributed by atoms with Crippen molar-refractivity contribution < 1.29 is 13.5 Å². The van der Waals surface area contributed by atoms with E-state index in [-0.39, 0.29) is 37.5 Å². The molecule has 6 rings (SSSR count). The Balaban J connectivity index is 1.57. The third-order valence-electron chi connectivity index (χ3n) is 6.95. The van der Waals surface area contributed by atoms with E-state index in [0.717, 1.165) is 37.3 Å². The maximum atomic E-state index is 16.1. The van der Waals surface area contributed by atoms with Crippen molar-refractivity contribution in [1.29, 1.82) is 0 Å². The third-order valence-corrected chi connectivity index (χ3v) is 8.14. The molecule has 2 saturated heterocycles. The Morgan fingerprint density at radius 3 is 2.56 bits per heavy atom. The number of methoxy groups -OCH3 is 1. The third kappa shape index (κ3) is 3.19. The van der Waals surface area contributed by atoms with Crippen LogP contribution in [0.15, 0.2) is 18.2 Å². The molecular formula is C23H21ClF2N6OS. The molecule has 0 amide bonds. The van der Waals surface area contributed by atoms with Gasteiger partial charge in [0.2, 0.25) is 0 Å². The Bertz CT molecular complexity index is 1450. The van der Waals surface area contributed by atoms with Crippen molar-refractivity contribution in [2.75, 3.05) is 37.9 Å². The van der Waals surface area contributed by atoms with Crippen LogP contribution in [0, 0.1) is 11.6 Å². The number of rotatable bonds is 3. The number of nitrogen functional groups attached to an aromatic ring is 1. The minimum absolute atomic E-state index is 0.0723. The number of thiazole rings is 1. The average Bonchev–Trinajstić information content (AvgIpc) is 3.28. The molecule has 2 aliphatic rings. The van der Waals surface area contributed by atoms with E-state index in [1.165, 1.54) is 19.2 Å². The summed E-state index contributed by atoms with van der Waals surface area (Å²) in [6, 6.07) is 5.30. The SMILES string of the molecule is COc1nc(N2CC3CCC(C2)N3C)c2cc(Cl)c(-c3ccc(F)c4sc(N)nc34)c(F)c2n1. The number of fused-ring (bicyclic) bond motifs is 4. The number of anilines is 2. The van der Waals surface area contributed by atoms with Crippen molar-refractivity contribution in [3.05, 3.63) is 34.9 Å². The van der Waals surface area contributed by atoms with E-state index in [1.807, 2.05) is 0 Å². The molecule has 11 heteroatoms. The minimum Gasteiger partial charge on any atom is -0.467 e. The van der Waals surface area contributed by atoms with Crippen LogP contribution in [0.4, 0.5) is 19.7 Å². The molecule has 2 aliphatic heterocycles. The normalized spacial score (nSPS) is 20.6. The van der Waals surface area contributed by atoms with Gasteiger partial charge in [0.1, 0.15) is 17.2 Å². The molecule has 2 aromatic heterocycles. The summed E-state index contributed by atoms with van der Waals surface area (Å²) in [6.45, 7) is 1.56. The fourth-order valence-electron chi connectivity index (χ4n) is 5.22. The van der Waals surface area contributed by atoms with E-state index in [9.17, 15) is 4.39 Å². The number of aromatic nitrogens is 3. The second-order valence-electron chi connectivity index (χ2n) is 8.76. The quantitative estimate of drug-likeness (QED) is 0.434. The zero-order valence-corrected chi connectivity index (χ0v) is 20.1. The number of ether oxygens (including phenoxy) is 1. The van der Waals surface area contributed by atoms with Gasteiger partial charge < -0.3 is 15.4 Å². The molecule has 4 aromatic rings. The van der Waals surface area contributed by atoms with Crippen LogP contribution in [0.5, 0.6) is 6.01 Å². The molecular weight excluding hydrogens is 482 g/mol. The van der Waals surface area contributed by atoms with Crippen LogP contribution in [0.2, 0.25) is 5.02 Å². The molecule has 0 saturated carbocycles. The number of benzene rings is 2. The maximum Gasteiger partial charge on any atom is 0.318 e. The summed E-state index contributed by atoms with van der Waals surface area (Å²) >= 11 is 7.67. The fourth-order valence-corrected chi connectivity index (χ4v) is 6.28. The van der Waals surface area contributed by atoms with Crippen molar-refractivity contribution >= 4 is 55.0 Å². The lowest BCUT2D eigenvalue weighted by Crippen LogP contribution is -2.52. The smallest absolute Gasteiger partial charge is 0.318 e. The second-order valence-corrected chi connectivity index (χ2v) is 10.2. The van der Waals surface area contributed by atoms with Crippen molar-refractivity contribution in [2.45, 2.75) is 24.9 Å². The van der Waals surface area contributed by atoms with Crippen LogP contribution in [-0.2, 0) is 0 Å². The second kappa shape index (κ2) is 7.86. The highest BCUT2D eigenvalue weighted by Crippen LogP contribution is 2.43. The Morgan fingerprint density at radius 2 is 1.85 bits per heavy atom. The predicted molar refractivity (Wildman–Crippen MR) is 131 cm³/mol. The Labute approximate surface area is 203 Å². The summed E-state index contributed by atoms with van der Waals surface area (Å²) < 4.78 is 36.1. The van der Waals surface area contributed by atoms with Gasteiger partial charge in [-0.15, -0.1) is 0 Å². The van der Waals surface area contributed by atoms with Crippen molar-refractivity contribution in [3.8, 4) is 17.1 Å². The number of piperazine rings is 1. The van der Waals surface area contributed by atoms with Crippen LogP contribution in [-0.4, -0.2) is 59.2 Å². The maximum absolute atomic E-state index is 16.1. The van der Waals surface area contributed by atoms with Crippen LogP contribution >= 0.6 is 22.9 Å². The number of likely N-dealkylation sites (N-methyl/N-ethyl adjacent to an activating group) is 1. The van der Waals surface area contributed by atoms with Gasteiger partial charge in [-0.3, -0.25) is 4.90 Å². The zero-order chi connectivity index (χ0) is 23.7. The van der Waals surface area contributed by atoms with Crippen molar-refractivity contribution in [1.82, 2.24) is 19.9 Å². The number of hydrogen-bond donors (Lipinski definition) is 1. The van der Waals surface area contributed by atoms with E-state index in [0.29, 0.717) is 28.9 Å². The summed E-state index contributed by atoms with van der Waals surface area (Å²) in [5, 5.41) is 0.860. The zero-order valence-electron chi connectivity index (χ0n) is 18.5. The summed E-state index contributed by atoms with van der Waals surface area (Å²) in [4.78, 5) is 17.7. The van der Waals surface area contributed by atoms with Crippen molar-refractivity contribution in [2.24, 2.45) is 0 Å². The summed E-state index contributed by atoms with van der Waals surface area (Å²) in [5.74, 6) is -0.511. The Kier molecular flexibility index (Phi) is 5.02. The van der Waals surface area contributed by atoms with Gasteiger partial charge in [0, 0.05) is 41.7 Å². The van der Waals surface area contributed by atoms with Crippen LogP contribution in [0.25, 0.3) is 32.2 Å². The Hall–Kier alpha value is -2.82. The van der Waals surface area contributed by atoms with Crippen LogP contribution in [0.1, 0.15) is 12.8 Å². The lowest BCUT2D eigenvalue weighted by molar-refractivity contribution is 0.212. The van der Waals surface area contributed by atoms with E-state index in [2.05, 4.69) is 31.8 Å². The summed E-state index contributed by atoms with van der Waals surface area (Å²) in [7, 11) is 3.60. The summed E-state index contributed by atoms with van der Waals surface area (Å²) in [6.07, 6.45) is 2.24.